The molecule has 0 N–H and O–H groups in total. The van der Waals surface area contributed by atoms with Gasteiger partial charge in [-0.2, -0.15) is 0 Å². The molecule has 0 saturated carbocycles. The van der Waals surface area contributed by atoms with E-state index in [-0.39, 0.29) is 0 Å². The summed E-state index contributed by atoms with van der Waals surface area (Å²) in [5.41, 5.74) is 0.837. The van der Waals surface area contributed by atoms with Gasteiger partial charge in [0.05, 0.1) is 7.11 Å². The summed E-state index contributed by atoms with van der Waals surface area (Å²) in [5.74, 6) is 1.58. The van der Waals surface area contributed by atoms with Crippen molar-refractivity contribution in [2.24, 2.45) is 0 Å². The number of hydrogen-bond donors (Lipinski definition) is 0. The Morgan fingerprint density at radius 1 is 1.12 bits per heavy atom. The topological polar surface area (TPSA) is 57.4 Å². The van der Waals surface area contributed by atoms with Crippen LogP contribution in [0.15, 0.2) is 28.7 Å². The third-order valence-corrected chi connectivity index (χ3v) is 2.00. The Balaban J connectivity index is 2.21. The second-order valence-electron chi connectivity index (χ2n) is 3.03. The van der Waals surface area contributed by atoms with Crippen molar-refractivity contribution >= 4 is 0 Å². The van der Waals surface area contributed by atoms with Gasteiger partial charge in [0.15, 0.2) is 6.61 Å². The summed E-state index contributed by atoms with van der Waals surface area (Å²) in [5, 5.41) is 7.69. The number of rotatable bonds is 4. The average Bonchev–Trinajstić information content (AvgIpc) is 2.78. The Hall–Kier alpha value is -1.88. The first-order valence-corrected chi connectivity index (χ1v) is 4.67. The molecule has 1 heterocycles. The van der Waals surface area contributed by atoms with Crippen molar-refractivity contribution in [3.8, 4) is 17.2 Å². The number of methoxy groups -OCH3 is 2. The maximum absolute atomic E-state index is 5.34. The number of hydrogen-bond acceptors (Lipinski definition) is 5. The van der Waals surface area contributed by atoms with Crippen LogP contribution in [0.3, 0.4) is 0 Å². The van der Waals surface area contributed by atoms with Crippen molar-refractivity contribution in [1.29, 1.82) is 0 Å². The van der Waals surface area contributed by atoms with Crippen LogP contribution < -0.4 is 4.74 Å². The van der Waals surface area contributed by atoms with Crippen LogP contribution in [0.25, 0.3) is 11.5 Å². The van der Waals surface area contributed by atoms with E-state index in [0.29, 0.717) is 11.8 Å². The summed E-state index contributed by atoms with van der Waals surface area (Å²) < 4.78 is 15.2. The van der Waals surface area contributed by atoms with Crippen LogP contribution in [0.5, 0.6) is 5.75 Å². The van der Waals surface area contributed by atoms with Crippen LogP contribution in [0.2, 0.25) is 0 Å². The van der Waals surface area contributed by atoms with Crippen LogP contribution in [-0.2, 0) is 4.74 Å². The van der Waals surface area contributed by atoms with Crippen molar-refractivity contribution in [2.75, 3.05) is 14.2 Å². The Kier molecular flexibility index (Phi) is 3.16. The molecule has 0 spiro atoms. The van der Waals surface area contributed by atoms with Gasteiger partial charge in [0, 0.05) is 12.7 Å². The van der Waals surface area contributed by atoms with E-state index >= 15 is 0 Å². The van der Waals surface area contributed by atoms with E-state index in [4.69, 9.17) is 13.9 Å². The number of ether oxygens (including phenoxy) is 2. The van der Waals surface area contributed by atoms with Crippen molar-refractivity contribution in [3.05, 3.63) is 36.8 Å². The van der Waals surface area contributed by atoms with Gasteiger partial charge in [-0.3, -0.25) is 0 Å². The molecule has 0 atom stereocenters. The predicted octanol–water partition coefficient (Wildman–Crippen LogP) is 1.90. The lowest BCUT2D eigenvalue weighted by Gasteiger charge is -1.99. The highest BCUT2D eigenvalue weighted by Gasteiger charge is 2.08. The molecular formula is C11H11N2O3. The van der Waals surface area contributed by atoms with Crippen LogP contribution in [-0.4, -0.2) is 24.4 Å². The lowest BCUT2D eigenvalue weighted by atomic mass is 10.2. The molecule has 0 saturated heterocycles. The van der Waals surface area contributed by atoms with Crippen molar-refractivity contribution in [3.63, 3.8) is 0 Å². The Morgan fingerprint density at radius 2 is 1.88 bits per heavy atom. The number of nitrogens with zero attached hydrogens (tertiary/aromatic N) is 2. The zero-order valence-corrected chi connectivity index (χ0v) is 9.01. The molecule has 0 aliphatic rings. The van der Waals surface area contributed by atoms with E-state index in [1.165, 1.54) is 13.7 Å². The van der Waals surface area contributed by atoms with E-state index in [1.54, 1.807) is 7.11 Å². The molecule has 1 radical (unpaired) electrons. The Labute approximate surface area is 93.0 Å². The summed E-state index contributed by atoms with van der Waals surface area (Å²) in [6.07, 6.45) is 0. The third-order valence-electron chi connectivity index (χ3n) is 2.00. The minimum absolute atomic E-state index is 0.341. The molecule has 0 fully saturated rings. The van der Waals surface area contributed by atoms with Crippen LogP contribution >= 0.6 is 0 Å². The molecule has 0 amide bonds. The third kappa shape index (κ3) is 2.20. The van der Waals surface area contributed by atoms with Gasteiger partial charge in [-0.1, -0.05) is 0 Å². The summed E-state index contributed by atoms with van der Waals surface area (Å²) in [6.45, 7) is 1.39. The quantitative estimate of drug-likeness (QED) is 0.786. The van der Waals surface area contributed by atoms with Gasteiger partial charge < -0.3 is 13.9 Å². The smallest absolute Gasteiger partial charge is 0.248 e. The van der Waals surface area contributed by atoms with Crippen LogP contribution in [0, 0.1) is 6.61 Å². The van der Waals surface area contributed by atoms with E-state index in [2.05, 4.69) is 10.2 Å². The second kappa shape index (κ2) is 4.76. The Bertz CT molecular complexity index is 451. The summed E-state index contributed by atoms with van der Waals surface area (Å²) >= 11 is 0. The molecule has 0 aliphatic heterocycles. The SMILES string of the molecule is CO[CH]c1nnc(-c2ccc(OC)cc2)o1. The number of aromatic nitrogens is 2. The highest BCUT2D eigenvalue weighted by molar-refractivity contribution is 5.53. The van der Waals surface area contributed by atoms with Gasteiger partial charge >= 0.3 is 0 Å². The second-order valence-corrected chi connectivity index (χ2v) is 3.03. The summed E-state index contributed by atoms with van der Waals surface area (Å²) in [7, 11) is 3.14. The van der Waals surface area contributed by atoms with Crippen LogP contribution in [0.1, 0.15) is 5.89 Å². The molecule has 2 rings (SSSR count). The monoisotopic (exact) mass is 219 g/mol. The van der Waals surface area contributed by atoms with Crippen molar-refractivity contribution < 1.29 is 13.9 Å². The fourth-order valence-electron chi connectivity index (χ4n) is 1.23. The van der Waals surface area contributed by atoms with Gasteiger partial charge in [-0.25, -0.2) is 0 Å². The fraction of sp³-hybridized carbons (Fsp3) is 0.182. The summed E-state index contributed by atoms with van der Waals surface area (Å²) in [6, 6.07) is 7.37. The van der Waals surface area contributed by atoms with E-state index in [9.17, 15) is 0 Å². The predicted molar refractivity (Wildman–Crippen MR) is 56.7 cm³/mol. The molecule has 1 aromatic heterocycles. The molecule has 5 heteroatoms. The van der Waals surface area contributed by atoms with Gasteiger partial charge in [-0.05, 0) is 24.3 Å². The highest BCUT2D eigenvalue weighted by atomic mass is 16.5. The van der Waals surface area contributed by atoms with E-state index in [1.807, 2.05) is 24.3 Å². The highest BCUT2D eigenvalue weighted by Crippen LogP contribution is 2.21. The largest absolute Gasteiger partial charge is 0.497 e. The van der Waals surface area contributed by atoms with E-state index in [0.717, 1.165) is 11.3 Å². The summed E-state index contributed by atoms with van der Waals surface area (Å²) in [4.78, 5) is 0. The normalized spacial score (nSPS) is 10.4. The standard InChI is InChI=1S/C11H11N2O3/c1-14-7-10-12-13-11(16-10)8-3-5-9(15-2)6-4-8/h3-7H,1-2H3. The molecule has 1 aromatic carbocycles. The average molecular weight is 219 g/mol. The van der Waals surface area contributed by atoms with Crippen molar-refractivity contribution in [2.45, 2.75) is 0 Å². The minimum Gasteiger partial charge on any atom is -0.497 e. The van der Waals surface area contributed by atoms with Gasteiger partial charge in [-0.15, -0.1) is 10.2 Å². The Morgan fingerprint density at radius 3 is 2.50 bits per heavy atom. The first-order valence-electron chi connectivity index (χ1n) is 4.67. The molecule has 0 unspecified atom stereocenters. The lowest BCUT2D eigenvalue weighted by Crippen LogP contribution is -1.82. The van der Waals surface area contributed by atoms with Crippen molar-refractivity contribution in [1.82, 2.24) is 10.2 Å². The van der Waals surface area contributed by atoms with Gasteiger partial charge in [0.2, 0.25) is 11.8 Å². The number of benzene rings is 1. The maximum atomic E-state index is 5.34. The zero-order valence-electron chi connectivity index (χ0n) is 9.01. The molecule has 0 aliphatic carbocycles. The van der Waals surface area contributed by atoms with Gasteiger partial charge in [0.1, 0.15) is 5.75 Å². The minimum atomic E-state index is 0.341. The molecular weight excluding hydrogens is 208 g/mol. The first kappa shape index (κ1) is 10.6. The molecule has 5 nitrogen and oxygen atoms in total. The zero-order chi connectivity index (χ0) is 11.4. The van der Waals surface area contributed by atoms with Gasteiger partial charge in [0.25, 0.3) is 0 Å². The fourth-order valence-corrected chi connectivity index (χ4v) is 1.23. The molecule has 2 aromatic rings. The molecule has 0 bridgehead atoms. The first-order chi connectivity index (χ1) is 7.83. The van der Waals surface area contributed by atoms with Crippen LogP contribution in [0.4, 0.5) is 0 Å². The maximum Gasteiger partial charge on any atom is 0.248 e. The van der Waals surface area contributed by atoms with E-state index < -0.39 is 0 Å². The molecule has 16 heavy (non-hydrogen) atoms. The molecule has 83 valence electrons. The lowest BCUT2D eigenvalue weighted by molar-refractivity contribution is 0.269.